The SMILES string of the molecule is O=C1Nc2cc(Cl)c(C(F)(F)F)cc2C1=O. The number of fused-ring (bicyclic) bond motifs is 1. The van der Waals surface area contributed by atoms with Crippen LogP contribution in [-0.2, 0) is 11.0 Å². The number of ketones is 1. The third kappa shape index (κ3) is 1.55. The van der Waals surface area contributed by atoms with Crippen LogP contribution in [0.3, 0.4) is 0 Å². The van der Waals surface area contributed by atoms with Crippen LogP contribution in [0.2, 0.25) is 5.02 Å². The molecule has 16 heavy (non-hydrogen) atoms. The Hall–Kier alpha value is -1.56. The van der Waals surface area contributed by atoms with Gasteiger partial charge in [-0.2, -0.15) is 13.2 Å². The number of amides is 1. The van der Waals surface area contributed by atoms with Gasteiger partial charge in [-0.25, -0.2) is 0 Å². The largest absolute Gasteiger partial charge is 0.417 e. The highest BCUT2D eigenvalue weighted by Gasteiger charge is 2.37. The van der Waals surface area contributed by atoms with Crippen molar-refractivity contribution in [3.63, 3.8) is 0 Å². The van der Waals surface area contributed by atoms with Gasteiger partial charge in [0.1, 0.15) is 0 Å². The molecule has 7 heteroatoms. The maximum Gasteiger partial charge on any atom is 0.417 e. The zero-order valence-corrected chi connectivity index (χ0v) is 8.24. The summed E-state index contributed by atoms with van der Waals surface area (Å²) in [6.07, 6.45) is -4.65. The van der Waals surface area contributed by atoms with E-state index in [1.54, 1.807) is 0 Å². The zero-order valence-electron chi connectivity index (χ0n) is 7.48. The summed E-state index contributed by atoms with van der Waals surface area (Å²) in [7, 11) is 0. The van der Waals surface area contributed by atoms with Gasteiger partial charge in [-0.15, -0.1) is 0 Å². The lowest BCUT2D eigenvalue weighted by Crippen LogP contribution is -2.12. The van der Waals surface area contributed by atoms with E-state index in [0.29, 0.717) is 6.07 Å². The van der Waals surface area contributed by atoms with E-state index in [4.69, 9.17) is 11.6 Å². The first-order valence-electron chi connectivity index (χ1n) is 4.07. The van der Waals surface area contributed by atoms with E-state index in [1.807, 2.05) is 0 Å². The van der Waals surface area contributed by atoms with Crippen molar-refractivity contribution in [2.75, 3.05) is 5.32 Å². The number of benzene rings is 1. The number of nitrogens with one attached hydrogen (secondary N) is 1. The van der Waals surface area contributed by atoms with Gasteiger partial charge in [0.2, 0.25) is 0 Å². The maximum absolute atomic E-state index is 12.4. The van der Waals surface area contributed by atoms with Crippen LogP contribution in [-0.4, -0.2) is 11.7 Å². The highest BCUT2D eigenvalue weighted by atomic mass is 35.5. The number of hydrogen-bond donors (Lipinski definition) is 1. The number of hydrogen-bond acceptors (Lipinski definition) is 2. The monoisotopic (exact) mass is 249 g/mol. The lowest BCUT2D eigenvalue weighted by molar-refractivity contribution is -0.137. The Morgan fingerprint density at radius 1 is 1.19 bits per heavy atom. The number of anilines is 1. The lowest BCUT2D eigenvalue weighted by atomic mass is 10.1. The number of Topliss-reactive ketones (excluding diaryl/α,β-unsaturated/α-hetero) is 1. The van der Waals surface area contributed by atoms with Crippen molar-refractivity contribution in [1.82, 2.24) is 0 Å². The van der Waals surface area contributed by atoms with Crippen molar-refractivity contribution in [3.05, 3.63) is 28.3 Å². The van der Waals surface area contributed by atoms with Gasteiger partial charge in [0.25, 0.3) is 11.7 Å². The fourth-order valence-electron chi connectivity index (χ4n) is 1.38. The molecule has 1 heterocycles. The standard InChI is InChI=1S/C9H3ClF3NO2/c10-5-2-6-3(7(15)8(16)14-6)1-4(5)9(11,12)13/h1-2H,(H,14,15,16). The molecule has 3 nitrogen and oxygen atoms in total. The second-order valence-corrected chi connectivity index (χ2v) is 3.57. The topological polar surface area (TPSA) is 46.2 Å². The molecule has 0 bridgehead atoms. The Morgan fingerprint density at radius 2 is 1.81 bits per heavy atom. The number of halogens is 4. The van der Waals surface area contributed by atoms with Crippen LogP contribution in [0.15, 0.2) is 12.1 Å². The quantitative estimate of drug-likeness (QED) is 0.718. The second-order valence-electron chi connectivity index (χ2n) is 3.16. The van der Waals surface area contributed by atoms with Crippen LogP contribution in [0.1, 0.15) is 15.9 Å². The molecule has 1 aromatic carbocycles. The fourth-order valence-corrected chi connectivity index (χ4v) is 1.65. The summed E-state index contributed by atoms with van der Waals surface area (Å²) in [4.78, 5) is 22.1. The van der Waals surface area contributed by atoms with Crippen LogP contribution in [0, 0.1) is 0 Å². The van der Waals surface area contributed by atoms with Gasteiger partial charge in [-0.05, 0) is 12.1 Å². The van der Waals surface area contributed by atoms with Gasteiger partial charge in [-0.1, -0.05) is 11.6 Å². The van der Waals surface area contributed by atoms with Gasteiger partial charge in [0, 0.05) is 0 Å². The molecule has 1 N–H and O–H groups in total. The van der Waals surface area contributed by atoms with Gasteiger partial charge < -0.3 is 5.32 Å². The molecule has 2 rings (SSSR count). The minimum atomic E-state index is -4.65. The van der Waals surface area contributed by atoms with Gasteiger partial charge >= 0.3 is 6.18 Å². The number of carbonyl (C=O) groups is 2. The molecule has 1 aliphatic heterocycles. The normalized spacial score (nSPS) is 15.0. The van der Waals surface area contributed by atoms with Gasteiger partial charge in [0.15, 0.2) is 0 Å². The summed E-state index contributed by atoms with van der Waals surface area (Å²) in [5.41, 5.74) is -1.42. The maximum atomic E-state index is 12.4. The first-order valence-corrected chi connectivity index (χ1v) is 4.45. The Morgan fingerprint density at radius 3 is 2.38 bits per heavy atom. The molecule has 0 saturated heterocycles. The highest BCUT2D eigenvalue weighted by molar-refractivity contribution is 6.52. The van der Waals surface area contributed by atoms with Crippen molar-refractivity contribution < 1.29 is 22.8 Å². The predicted octanol–water partition coefficient (Wildman–Crippen LogP) is 2.49. The van der Waals surface area contributed by atoms with Crippen molar-refractivity contribution in [2.45, 2.75) is 6.18 Å². The van der Waals surface area contributed by atoms with Gasteiger partial charge in [0.05, 0.1) is 21.8 Å². The highest BCUT2D eigenvalue weighted by Crippen LogP contribution is 2.39. The molecule has 1 aliphatic rings. The fraction of sp³-hybridized carbons (Fsp3) is 0.111. The predicted molar refractivity (Wildman–Crippen MR) is 49.4 cm³/mol. The third-order valence-electron chi connectivity index (χ3n) is 2.11. The molecule has 0 aromatic heterocycles. The molecule has 0 unspecified atom stereocenters. The molecule has 0 radical (unpaired) electrons. The molecule has 0 aliphatic carbocycles. The third-order valence-corrected chi connectivity index (χ3v) is 2.42. The van der Waals surface area contributed by atoms with E-state index >= 15 is 0 Å². The molecular formula is C9H3ClF3NO2. The summed E-state index contributed by atoms with van der Waals surface area (Å²) in [5, 5.41) is 1.57. The molecule has 1 aromatic rings. The zero-order chi connectivity index (χ0) is 12.1. The number of alkyl halides is 3. The minimum absolute atomic E-state index is 0.00741. The Labute approximate surface area is 92.2 Å². The number of carbonyl (C=O) groups excluding carboxylic acids is 2. The first kappa shape index (κ1) is 10.9. The summed E-state index contributed by atoms with van der Waals surface area (Å²) >= 11 is 5.41. The lowest BCUT2D eigenvalue weighted by Gasteiger charge is -2.09. The molecule has 0 fully saturated rings. The van der Waals surface area contributed by atoms with Crippen LogP contribution >= 0.6 is 11.6 Å². The Kier molecular flexibility index (Phi) is 2.20. The summed E-state index contributed by atoms with van der Waals surface area (Å²) in [6, 6.07) is 1.50. The molecule has 84 valence electrons. The molecule has 0 saturated carbocycles. The summed E-state index contributed by atoms with van der Waals surface area (Å²) in [6.45, 7) is 0. The van der Waals surface area contributed by atoms with E-state index in [1.165, 1.54) is 0 Å². The van der Waals surface area contributed by atoms with Crippen molar-refractivity contribution in [1.29, 1.82) is 0 Å². The van der Waals surface area contributed by atoms with Crippen LogP contribution in [0.4, 0.5) is 18.9 Å². The average molecular weight is 250 g/mol. The summed E-state index contributed by atoms with van der Waals surface area (Å²) < 4.78 is 37.3. The van der Waals surface area contributed by atoms with Crippen LogP contribution in [0.25, 0.3) is 0 Å². The summed E-state index contributed by atoms with van der Waals surface area (Å²) in [5.74, 6) is -1.94. The molecular weight excluding hydrogens is 247 g/mol. The Balaban J connectivity index is 2.63. The van der Waals surface area contributed by atoms with E-state index in [-0.39, 0.29) is 11.3 Å². The number of rotatable bonds is 0. The average Bonchev–Trinajstić information content (AvgIpc) is 2.39. The Bertz CT molecular complexity index is 510. The van der Waals surface area contributed by atoms with Gasteiger partial charge in [-0.3, -0.25) is 9.59 Å². The van der Waals surface area contributed by atoms with Crippen LogP contribution < -0.4 is 5.32 Å². The van der Waals surface area contributed by atoms with E-state index < -0.39 is 28.5 Å². The first-order chi connectivity index (χ1) is 7.30. The molecule has 0 spiro atoms. The smallest absolute Gasteiger partial charge is 0.318 e. The van der Waals surface area contributed by atoms with Crippen molar-refractivity contribution >= 4 is 29.0 Å². The molecule has 0 atom stereocenters. The minimum Gasteiger partial charge on any atom is -0.318 e. The second kappa shape index (κ2) is 3.21. The van der Waals surface area contributed by atoms with E-state index in [0.717, 1.165) is 6.07 Å². The van der Waals surface area contributed by atoms with Crippen LogP contribution in [0.5, 0.6) is 0 Å². The van der Waals surface area contributed by atoms with Crippen molar-refractivity contribution in [2.24, 2.45) is 0 Å². The van der Waals surface area contributed by atoms with Crippen molar-refractivity contribution in [3.8, 4) is 0 Å². The van der Waals surface area contributed by atoms with E-state index in [9.17, 15) is 22.8 Å². The molecule has 1 amide bonds. The van der Waals surface area contributed by atoms with E-state index in [2.05, 4.69) is 5.32 Å².